The number of amides is 1. The molecule has 1 amide bonds. The highest BCUT2D eigenvalue weighted by Gasteiger charge is 2.53. The topological polar surface area (TPSA) is 58.4 Å². The Morgan fingerprint density at radius 1 is 1.48 bits per heavy atom. The highest BCUT2D eigenvalue weighted by Crippen LogP contribution is 2.52. The molecule has 0 radical (unpaired) electrons. The molecule has 1 N–H and O–H groups in total. The van der Waals surface area contributed by atoms with E-state index in [0.29, 0.717) is 25.6 Å². The van der Waals surface area contributed by atoms with Crippen LogP contribution in [0.5, 0.6) is 0 Å². The smallest absolute Gasteiger partial charge is 0.446 e. The fourth-order valence-electron chi connectivity index (χ4n) is 3.35. The van der Waals surface area contributed by atoms with E-state index in [1.165, 1.54) is 17.3 Å². The van der Waals surface area contributed by atoms with Crippen molar-refractivity contribution in [3.63, 3.8) is 0 Å². The van der Waals surface area contributed by atoms with Crippen molar-refractivity contribution >= 4 is 17.9 Å². The number of thioether (sulfide) groups is 1. The summed E-state index contributed by atoms with van der Waals surface area (Å²) >= 11 is -0.162. The van der Waals surface area contributed by atoms with Crippen LogP contribution < -0.4 is 0 Å². The van der Waals surface area contributed by atoms with Gasteiger partial charge in [0, 0.05) is 31.2 Å². The van der Waals surface area contributed by atoms with Crippen LogP contribution in [-0.2, 0) is 6.54 Å². The second-order valence-electron chi connectivity index (χ2n) is 5.86. The molecule has 9 heteroatoms. The Labute approximate surface area is 123 Å². The standard InChI is InChI=1S/C12H14F3N3O2S/c13-12(14,15)21-9-3-16-18(5-9)4-8-1-11(2-8)6-17(7-11)10(19)20/h3,5,8H,1-2,4,6-7H2,(H,19,20). The van der Waals surface area contributed by atoms with E-state index in [-0.39, 0.29) is 22.1 Å². The van der Waals surface area contributed by atoms with Gasteiger partial charge in [-0.25, -0.2) is 4.79 Å². The van der Waals surface area contributed by atoms with Crippen molar-refractivity contribution < 1.29 is 23.1 Å². The fraction of sp³-hybridized carbons (Fsp3) is 0.667. The van der Waals surface area contributed by atoms with Crippen LogP contribution in [0, 0.1) is 11.3 Å². The molecule has 2 aliphatic rings. The molecule has 1 aliphatic heterocycles. The Kier molecular flexibility index (Phi) is 3.34. The number of hydrogen-bond donors (Lipinski definition) is 1. The summed E-state index contributed by atoms with van der Waals surface area (Å²) in [6.45, 7) is 1.74. The van der Waals surface area contributed by atoms with Crippen molar-refractivity contribution in [2.75, 3.05) is 13.1 Å². The Morgan fingerprint density at radius 3 is 2.71 bits per heavy atom. The first kappa shape index (κ1) is 14.6. The predicted octanol–water partition coefficient (Wildman–Crippen LogP) is 2.89. The highest BCUT2D eigenvalue weighted by molar-refractivity contribution is 8.00. The average Bonchev–Trinajstić information content (AvgIpc) is 2.63. The van der Waals surface area contributed by atoms with E-state index in [2.05, 4.69) is 5.10 Å². The minimum absolute atomic E-state index is 0.0947. The highest BCUT2D eigenvalue weighted by atomic mass is 32.2. The molecular weight excluding hydrogens is 307 g/mol. The van der Waals surface area contributed by atoms with Crippen LogP contribution >= 0.6 is 11.8 Å². The predicted molar refractivity (Wildman–Crippen MR) is 68.9 cm³/mol. The molecule has 2 heterocycles. The van der Waals surface area contributed by atoms with Crippen LogP contribution in [0.3, 0.4) is 0 Å². The molecule has 0 bridgehead atoms. The maximum absolute atomic E-state index is 12.2. The SMILES string of the molecule is O=C(O)N1CC2(CC(Cn3cc(SC(F)(F)F)cn3)C2)C1. The summed E-state index contributed by atoms with van der Waals surface area (Å²) in [4.78, 5) is 12.2. The van der Waals surface area contributed by atoms with Gasteiger partial charge in [0.1, 0.15) is 0 Å². The first-order valence-corrected chi connectivity index (χ1v) is 7.32. The zero-order valence-electron chi connectivity index (χ0n) is 11.0. The number of alkyl halides is 3. The largest absolute Gasteiger partial charge is 0.465 e. The van der Waals surface area contributed by atoms with Crippen molar-refractivity contribution in [1.82, 2.24) is 14.7 Å². The van der Waals surface area contributed by atoms with Crippen LogP contribution in [-0.4, -0.2) is 44.5 Å². The van der Waals surface area contributed by atoms with Gasteiger partial charge in [-0.2, -0.15) is 18.3 Å². The van der Waals surface area contributed by atoms with Crippen molar-refractivity contribution in [1.29, 1.82) is 0 Å². The molecule has 1 saturated heterocycles. The molecule has 0 atom stereocenters. The van der Waals surface area contributed by atoms with E-state index in [1.54, 1.807) is 4.68 Å². The van der Waals surface area contributed by atoms with E-state index < -0.39 is 11.6 Å². The third-order valence-corrected chi connectivity index (χ3v) is 4.73. The molecule has 1 spiro atoms. The van der Waals surface area contributed by atoms with E-state index >= 15 is 0 Å². The van der Waals surface area contributed by atoms with Gasteiger partial charge in [-0.05, 0) is 30.5 Å². The van der Waals surface area contributed by atoms with Crippen molar-refractivity contribution in [2.24, 2.45) is 11.3 Å². The van der Waals surface area contributed by atoms with Crippen molar-refractivity contribution in [3.05, 3.63) is 12.4 Å². The van der Waals surface area contributed by atoms with Gasteiger partial charge in [0.15, 0.2) is 0 Å². The third-order valence-electron chi connectivity index (χ3n) is 4.05. The normalized spacial score (nSPS) is 21.2. The number of carboxylic acid groups (broad SMARTS) is 1. The van der Waals surface area contributed by atoms with Gasteiger partial charge in [-0.3, -0.25) is 4.68 Å². The lowest BCUT2D eigenvalue weighted by Gasteiger charge is -2.58. The quantitative estimate of drug-likeness (QED) is 0.870. The molecule has 0 aromatic carbocycles. The summed E-state index contributed by atoms with van der Waals surface area (Å²) < 4.78 is 38.2. The minimum atomic E-state index is -4.29. The second kappa shape index (κ2) is 4.82. The zero-order valence-corrected chi connectivity index (χ0v) is 11.8. The summed E-state index contributed by atoms with van der Waals surface area (Å²) in [5, 5.41) is 12.7. The first-order valence-electron chi connectivity index (χ1n) is 6.51. The number of aromatic nitrogens is 2. The van der Waals surface area contributed by atoms with Crippen LogP contribution in [0.25, 0.3) is 0 Å². The fourth-order valence-corrected chi connectivity index (χ4v) is 3.89. The molecule has 21 heavy (non-hydrogen) atoms. The lowest BCUT2D eigenvalue weighted by molar-refractivity contribution is -0.0844. The number of halogens is 3. The molecule has 3 rings (SSSR count). The molecule has 1 saturated carbocycles. The Morgan fingerprint density at radius 2 is 2.14 bits per heavy atom. The van der Waals surface area contributed by atoms with Crippen LogP contribution in [0.4, 0.5) is 18.0 Å². The summed E-state index contributed by atoms with van der Waals surface area (Å²) in [5.74, 6) is 0.365. The minimum Gasteiger partial charge on any atom is -0.465 e. The van der Waals surface area contributed by atoms with Gasteiger partial charge >= 0.3 is 11.6 Å². The molecule has 1 aliphatic carbocycles. The Hall–Kier alpha value is -1.38. The van der Waals surface area contributed by atoms with Gasteiger partial charge < -0.3 is 10.0 Å². The molecule has 0 unspecified atom stereocenters. The van der Waals surface area contributed by atoms with Crippen LogP contribution in [0.1, 0.15) is 12.8 Å². The molecule has 5 nitrogen and oxygen atoms in total. The number of rotatable bonds is 3. The Bertz CT molecular complexity index is 546. The Balaban J connectivity index is 1.46. The van der Waals surface area contributed by atoms with Gasteiger partial charge in [0.2, 0.25) is 0 Å². The molecule has 1 aromatic heterocycles. The van der Waals surface area contributed by atoms with E-state index in [9.17, 15) is 18.0 Å². The summed E-state index contributed by atoms with van der Waals surface area (Å²) in [5.41, 5.74) is -4.18. The zero-order chi connectivity index (χ0) is 15.3. The molecular formula is C12H14F3N3O2S. The number of likely N-dealkylation sites (tertiary alicyclic amines) is 1. The van der Waals surface area contributed by atoms with Gasteiger partial charge in [-0.15, -0.1) is 0 Å². The number of nitrogens with zero attached hydrogens (tertiary/aromatic N) is 3. The number of hydrogen-bond acceptors (Lipinski definition) is 3. The van der Waals surface area contributed by atoms with E-state index in [4.69, 9.17) is 5.11 Å². The lowest BCUT2D eigenvalue weighted by atomic mass is 9.58. The van der Waals surface area contributed by atoms with Crippen molar-refractivity contribution in [2.45, 2.75) is 29.8 Å². The van der Waals surface area contributed by atoms with Gasteiger partial charge in [-0.1, -0.05) is 0 Å². The lowest BCUT2D eigenvalue weighted by Crippen LogP contribution is -2.63. The van der Waals surface area contributed by atoms with E-state index in [1.807, 2.05) is 0 Å². The molecule has 2 fully saturated rings. The third kappa shape index (κ3) is 3.12. The molecule has 1 aromatic rings. The van der Waals surface area contributed by atoms with Crippen LogP contribution in [0.2, 0.25) is 0 Å². The summed E-state index contributed by atoms with van der Waals surface area (Å²) in [6, 6.07) is 0. The van der Waals surface area contributed by atoms with Crippen LogP contribution in [0.15, 0.2) is 17.3 Å². The summed E-state index contributed by atoms with van der Waals surface area (Å²) in [6.07, 6.45) is 3.58. The number of carbonyl (C=O) groups is 1. The first-order chi connectivity index (χ1) is 9.75. The summed E-state index contributed by atoms with van der Waals surface area (Å²) in [7, 11) is 0. The monoisotopic (exact) mass is 321 g/mol. The van der Waals surface area contributed by atoms with Gasteiger partial charge in [0.05, 0.1) is 11.1 Å². The second-order valence-corrected chi connectivity index (χ2v) is 7.00. The molecule has 116 valence electrons. The van der Waals surface area contributed by atoms with Crippen molar-refractivity contribution in [3.8, 4) is 0 Å². The maximum Gasteiger partial charge on any atom is 0.446 e. The van der Waals surface area contributed by atoms with Gasteiger partial charge in [0.25, 0.3) is 0 Å². The van der Waals surface area contributed by atoms with E-state index in [0.717, 1.165) is 12.8 Å². The average molecular weight is 321 g/mol. The maximum atomic E-state index is 12.2.